The molecule has 0 bridgehead atoms. The molecule has 0 N–H and O–H groups in total. The first-order valence-electron chi connectivity index (χ1n) is 6.47. The third kappa shape index (κ3) is 6.13. The summed E-state index contributed by atoms with van der Waals surface area (Å²) < 4.78 is 0. The van der Waals surface area contributed by atoms with Crippen LogP contribution in [0.5, 0.6) is 0 Å². The molecule has 17 heavy (non-hydrogen) atoms. The summed E-state index contributed by atoms with van der Waals surface area (Å²) in [5, 5.41) is 0. The fourth-order valence-electron chi connectivity index (χ4n) is 2.10. The quantitative estimate of drug-likeness (QED) is 0.745. The van der Waals surface area contributed by atoms with Crippen LogP contribution in [0, 0.1) is 11.8 Å². The highest BCUT2D eigenvalue weighted by Gasteiger charge is 2.09. The Morgan fingerprint density at radius 3 is 1.82 bits per heavy atom. The summed E-state index contributed by atoms with van der Waals surface area (Å²) >= 11 is 4.32. The number of rotatable bonds is 6. The maximum absolute atomic E-state index is 4.32. The van der Waals surface area contributed by atoms with Crippen LogP contribution in [-0.2, 0) is 6.54 Å². The minimum atomic E-state index is 0.720. The van der Waals surface area contributed by atoms with Crippen LogP contribution in [0.2, 0.25) is 0 Å². The van der Waals surface area contributed by atoms with Crippen LogP contribution in [0.25, 0.3) is 0 Å². The lowest BCUT2D eigenvalue weighted by atomic mass is 10.1. The average Bonchev–Trinajstić information content (AvgIpc) is 2.19. The van der Waals surface area contributed by atoms with E-state index in [2.05, 4.69) is 69.5 Å². The molecule has 0 saturated heterocycles. The normalized spacial score (nSPS) is 11.8. The Morgan fingerprint density at radius 2 is 1.41 bits per heavy atom. The number of benzene rings is 1. The molecule has 0 aliphatic heterocycles. The molecule has 0 amide bonds. The van der Waals surface area contributed by atoms with Gasteiger partial charge in [0.15, 0.2) is 0 Å². The molecular weight excluding hydrogens is 226 g/mol. The van der Waals surface area contributed by atoms with Crippen molar-refractivity contribution >= 4 is 12.6 Å². The van der Waals surface area contributed by atoms with Gasteiger partial charge in [0.25, 0.3) is 0 Å². The molecule has 0 aliphatic carbocycles. The Labute approximate surface area is 112 Å². The Morgan fingerprint density at radius 1 is 0.941 bits per heavy atom. The van der Waals surface area contributed by atoms with Gasteiger partial charge < -0.3 is 0 Å². The molecule has 0 unspecified atom stereocenters. The molecule has 1 aromatic carbocycles. The first-order valence-corrected chi connectivity index (χ1v) is 6.92. The van der Waals surface area contributed by atoms with Gasteiger partial charge in [-0.1, -0.05) is 39.8 Å². The lowest BCUT2D eigenvalue weighted by molar-refractivity contribution is 0.211. The van der Waals surface area contributed by atoms with Crippen molar-refractivity contribution in [1.29, 1.82) is 0 Å². The lowest BCUT2D eigenvalue weighted by Crippen LogP contribution is -2.30. The zero-order chi connectivity index (χ0) is 12.8. The minimum absolute atomic E-state index is 0.720. The summed E-state index contributed by atoms with van der Waals surface area (Å²) in [5.74, 6) is 1.44. The Kier molecular flexibility index (Phi) is 6.07. The highest BCUT2D eigenvalue weighted by atomic mass is 32.1. The predicted molar refractivity (Wildman–Crippen MR) is 78.6 cm³/mol. The van der Waals surface area contributed by atoms with E-state index in [9.17, 15) is 0 Å². The zero-order valence-electron chi connectivity index (χ0n) is 11.5. The fraction of sp³-hybridized carbons (Fsp3) is 0.600. The van der Waals surface area contributed by atoms with E-state index in [0.29, 0.717) is 0 Å². The van der Waals surface area contributed by atoms with Gasteiger partial charge in [-0.3, -0.25) is 4.90 Å². The van der Waals surface area contributed by atoms with E-state index in [0.717, 1.165) is 23.3 Å². The highest BCUT2D eigenvalue weighted by molar-refractivity contribution is 7.80. The topological polar surface area (TPSA) is 3.24 Å². The molecule has 0 saturated carbocycles. The molecule has 1 nitrogen and oxygen atoms in total. The van der Waals surface area contributed by atoms with E-state index in [1.54, 1.807) is 0 Å². The lowest BCUT2D eigenvalue weighted by Gasteiger charge is -2.26. The van der Waals surface area contributed by atoms with Gasteiger partial charge >= 0.3 is 0 Å². The monoisotopic (exact) mass is 251 g/mol. The molecule has 1 aromatic rings. The highest BCUT2D eigenvalue weighted by Crippen LogP contribution is 2.12. The standard InChI is InChI=1S/C15H25NS/c1-12(2)9-16(10-13(3)4)11-14-5-7-15(17)8-6-14/h5-8,12-13,17H,9-11H2,1-4H3. The second-order valence-electron chi connectivity index (χ2n) is 5.65. The van der Waals surface area contributed by atoms with Crippen LogP contribution in [0.1, 0.15) is 33.3 Å². The smallest absolute Gasteiger partial charge is 0.0233 e. The van der Waals surface area contributed by atoms with Crippen LogP contribution >= 0.6 is 12.6 Å². The molecule has 0 spiro atoms. The van der Waals surface area contributed by atoms with Gasteiger partial charge in [-0.2, -0.15) is 0 Å². The molecule has 0 heterocycles. The van der Waals surface area contributed by atoms with Gasteiger partial charge in [-0.05, 0) is 29.5 Å². The van der Waals surface area contributed by atoms with E-state index < -0.39 is 0 Å². The third-order valence-corrected chi connectivity index (χ3v) is 2.89. The van der Waals surface area contributed by atoms with Crippen molar-refractivity contribution in [2.24, 2.45) is 11.8 Å². The summed E-state index contributed by atoms with van der Waals surface area (Å²) in [6, 6.07) is 8.49. The van der Waals surface area contributed by atoms with Crippen molar-refractivity contribution in [3.05, 3.63) is 29.8 Å². The summed E-state index contributed by atoms with van der Waals surface area (Å²) in [6.07, 6.45) is 0. The molecule has 0 aliphatic rings. The van der Waals surface area contributed by atoms with E-state index in [4.69, 9.17) is 0 Å². The third-order valence-electron chi connectivity index (χ3n) is 2.59. The first-order chi connectivity index (χ1) is 7.97. The predicted octanol–water partition coefficient (Wildman–Crippen LogP) is 4.09. The maximum Gasteiger partial charge on any atom is 0.0233 e. The first kappa shape index (κ1) is 14.6. The van der Waals surface area contributed by atoms with Gasteiger partial charge in [0.1, 0.15) is 0 Å². The van der Waals surface area contributed by atoms with Crippen molar-refractivity contribution in [1.82, 2.24) is 4.90 Å². The summed E-state index contributed by atoms with van der Waals surface area (Å²) in [6.45, 7) is 12.5. The van der Waals surface area contributed by atoms with E-state index >= 15 is 0 Å². The number of thiol groups is 1. The number of hydrogen-bond donors (Lipinski definition) is 1. The van der Waals surface area contributed by atoms with Gasteiger partial charge in [0, 0.05) is 24.5 Å². The molecule has 0 atom stereocenters. The fourth-order valence-corrected chi connectivity index (χ4v) is 2.25. The van der Waals surface area contributed by atoms with Crippen LogP contribution in [0.3, 0.4) is 0 Å². The average molecular weight is 251 g/mol. The summed E-state index contributed by atoms with van der Waals surface area (Å²) in [4.78, 5) is 3.58. The van der Waals surface area contributed by atoms with Crippen LogP contribution in [0.4, 0.5) is 0 Å². The Hall–Kier alpha value is -0.470. The van der Waals surface area contributed by atoms with Gasteiger partial charge in [-0.25, -0.2) is 0 Å². The Bertz CT molecular complexity index is 306. The number of nitrogens with zero attached hydrogens (tertiary/aromatic N) is 1. The van der Waals surface area contributed by atoms with Crippen molar-refractivity contribution in [3.63, 3.8) is 0 Å². The summed E-state index contributed by atoms with van der Waals surface area (Å²) in [7, 11) is 0. The van der Waals surface area contributed by atoms with Gasteiger partial charge in [0.2, 0.25) is 0 Å². The van der Waals surface area contributed by atoms with Crippen LogP contribution < -0.4 is 0 Å². The van der Waals surface area contributed by atoms with Crippen molar-refractivity contribution < 1.29 is 0 Å². The van der Waals surface area contributed by atoms with Gasteiger partial charge in [0.05, 0.1) is 0 Å². The van der Waals surface area contributed by atoms with Crippen LogP contribution in [0.15, 0.2) is 29.2 Å². The molecule has 0 fully saturated rings. The maximum atomic E-state index is 4.32. The van der Waals surface area contributed by atoms with E-state index in [-0.39, 0.29) is 0 Å². The van der Waals surface area contributed by atoms with Crippen molar-refractivity contribution in [3.8, 4) is 0 Å². The molecular formula is C15H25NS. The minimum Gasteiger partial charge on any atom is -0.299 e. The second-order valence-corrected chi connectivity index (χ2v) is 6.16. The van der Waals surface area contributed by atoms with Crippen molar-refractivity contribution in [2.75, 3.05) is 13.1 Å². The van der Waals surface area contributed by atoms with E-state index in [1.165, 1.54) is 18.7 Å². The van der Waals surface area contributed by atoms with Crippen LogP contribution in [-0.4, -0.2) is 18.0 Å². The largest absolute Gasteiger partial charge is 0.299 e. The molecule has 0 radical (unpaired) electrons. The van der Waals surface area contributed by atoms with Gasteiger partial charge in [-0.15, -0.1) is 12.6 Å². The molecule has 1 rings (SSSR count). The molecule has 96 valence electrons. The van der Waals surface area contributed by atoms with E-state index in [1.807, 2.05) is 0 Å². The molecule has 2 heteroatoms. The summed E-state index contributed by atoms with van der Waals surface area (Å²) in [5.41, 5.74) is 1.38. The second kappa shape index (κ2) is 7.07. The zero-order valence-corrected chi connectivity index (χ0v) is 12.4. The molecule has 0 aromatic heterocycles. The number of hydrogen-bond acceptors (Lipinski definition) is 2. The Balaban J connectivity index is 2.61. The SMILES string of the molecule is CC(C)CN(Cc1ccc(S)cc1)CC(C)C. The van der Waals surface area contributed by atoms with Crippen molar-refractivity contribution in [2.45, 2.75) is 39.1 Å².